The zero-order valence-corrected chi connectivity index (χ0v) is 15.4. The van der Waals surface area contributed by atoms with Crippen LogP contribution in [0.4, 0.5) is 4.39 Å². The number of allylic oxidation sites excluding steroid dienone is 1. The van der Waals surface area contributed by atoms with Crippen LogP contribution >= 0.6 is 15.9 Å². The van der Waals surface area contributed by atoms with Crippen LogP contribution in [0.1, 0.15) is 16.7 Å². The minimum Gasteiger partial charge on any atom is -0.489 e. The van der Waals surface area contributed by atoms with Crippen LogP contribution in [0.5, 0.6) is 5.75 Å². The lowest BCUT2D eigenvalue weighted by Gasteiger charge is -2.07. The Kier molecular flexibility index (Phi) is 5.83. The highest BCUT2D eigenvalue weighted by Crippen LogP contribution is 2.22. The summed E-state index contributed by atoms with van der Waals surface area (Å²) in [5, 5.41) is 9.41. The zero-order valence-electron chi connectivity index (χ0n) is 13.8. The summed E-state index contributed by atoms with van der Waals surface area (Å²) in [4.78, 5) is 0. The largest absolute Gasteiger partial charge is 0.489 e. The molecule has 0 heterocycles. The first kappa shape index (κ1) is 17.9. The number of nitrogens with zero attached hydrogens (tertiary/aromatic N) is 1. The van der Waals surface area contributed by atoms with Gasteiger partial charge in [0.25, 0.3) is 0 Å². The van der Waals surface area contributed by atoms with Gasteiger partial charge in [-0.1, -0.05) is 52.3 Å². The molecule has 0 bridgehead atoms. The van der Waals surface area contributed by atoms with Crippen molar-refractivity contribution in [3.8, 4) is 11.8 Å². The molecule has 0 atom stereocenters. The van der Waals surface area contributed by atoms with Crippen molar-refractivity contribution < 1.29 is 9.13 Å². The van der Waals surface area contributed by atoms with E-state index in [1.54, 1.807) is 12.1 Å². The average molecular weight is 408 g/mol. The third-order valence-electron chi connectivity index (χ3n) is 3.79. The van der Waals surface area contributed by atoms with E-state index >= 15 is 0 Å². The monoisotopic (exact) mass is 407 g/mol. The fraction of sp³-hybridized carbons (Fsp3) is 0.0455. The van der Waals surface area contributed by atoms with E-state index in [1.807, 2.05) is 54.6 Å². The van der Waals surface area contributed by atoms with Crippen LogP contribution in [-0.4, -0.2) is 0 Å². The number of benzene rings is 3. The number of hydrogen-bond donors (Lipinski definition) is 0. The van der Waals surface area contributed by atoms with Crippen molar-refractivity contribution in [2.24, 2.45) is 0 Å². The van der Waals surface area contributed by atoms with E-state index in [2.05, 4.69) is 22.0 Å². The standard InChI is InChI=1S/C22H15BrFNO/c23-20-7-5-18(6-8-20)19(14-25)13-16-3-11-22(12-4-16)26-15-17-1-9-21(24)10-2-17/h1-13H,15H2/b19-13+. The molecule has 2 nitrogen and oxygen atoms in total. The molecule has 3 aromatic carbocycles. The van der Waals surface area contributed by atoms with E-state index in [-0.39, 0.29) is 5.82 Å². The van der Waals surface area contributed by atoms with Crippen LogP contribution < -0.4 is 4.74 Å². The maximum Gasteiger partial charge on any atom is 0.123 e. The Morgan fingerprint density at radius 2 is 1.62 bits per heavy atom. The molecule has 0 amide bonds. The van der Waals surface area contributed by atoms with Crippen LogP contribution in [0.3, 0.4) is 0 Å². The SMILES string of the molecule is N#C/C(=C\c1ccc(OCc2ccc(F)cc2)cc1)c1ccc(Br)cc1. The third-order valence-corrected chi connectivity index (χ3v) is 4.31. The van der Waals surface area contributed by atoms with E-state index in [4.69, 9.17) is 4.74 Å². The predicted molar refractivity (Wildman–Crippen MR) is 105 cm³/mol. The predicted octanol–water partition coefficient (Wildman–Crippen LogP) is 6.23. The highest BCUT2D eigenvalue weighted by molar-refractivity contribution is 9.10. The van der Waals surface area contributed by atoms with Crippen LogP contribution in [0.15, 0.2) is 77.3 Å². The first-order valence-corrected chi connectivity index (χ1v) is 8.78. The van der Waals surface area contributed by atoms with Crippen molar-refractivity contribution in [3.63, 3.8) is 0 Å². The Morgan fingerprint density at radius 3 is 2.23 bits per heavy atom. The summed E-state index contributed by atoms with van der Waals surface area (Å²) in [5.74, 6) is 0.456. The third kappa shape index (κ3) is 4.81. The molecule has 0 aliphatic heterocycles. The number of rotatable bonds is 5. The highest BCUT2D eigenvalue weighted by Gasteiger charge is 2.02. The topological polar surface area (TPSA) is 33.0 Å². The zero-order chi connectivity index (χ0) is 18.4. The second kappa shape index (κ2) is 8.46. The van der Waals surface area contributed by atoms with Crippen LogP contribution in [0, 0.1) is 17.1 Å². The van der Waals surface area contributed by atoms with Gasteiger partial charge in [-0.2, -0.15) is 5.26 Å². The number of halogens is 2. The molecular formula is C22H15BrFNO. The van der Waals surface area contributed by atoms with Crippen molar-refractivity contribution in [2.45, 2.75) is 6.61 Å². The Hall–Kier alpha value is -2.90. The maximum atomic E-state index is 12.9. The molecule has 0 aromatic heterocycles. The molecule has 128 valence electrons. The summed E-state index contributed by atoms with van der Waals surface area (Å²) in [6.45, 7) is 0.373. The molecule has 0 N–H and O–H groups in total. The summed E-state index contributed by atoms with van der Waals surface area (Å²) in [5.41, 5.74) is 3.28. The van der Waals surface area contributed by atoms with Gasteiger partial charge in [0.1, 0.15) is 18.2 Å². The van der Waals surface area contributed by atoms with Gasteiger partial charge < -0.3 is 4.74 Å². The molecule has 0 fully saturated rings. The van der Waals surface area contributed by atoms with Crippen LogP contribution in [0.2, 0.25) is 0 Å². The summed E-state index contributed by atoms with van der Waals surface area (Å²) in [6, 6.07) is 23.6. The molecule has 0 saturated carbocycles. The molecule has 0 saturated heterocycles. The maximum absolute atomic E-state index is 12.9. The number of hydrogen-bond acceptors (Lipinski definition) is 2. The van der Waals surface area contributed by atoms with Crippen LogP contribution in [-0.2, 0) is 6.61 Å². The van der Waals surface area contributed by atoms with E-state index in [1.165, 1.54) is 12.1 Å². The quantitative estimate of drug-likeness (QED) is 0.370. The molecule has 0 radical (unpaired) electrons. The van der Waals surface area contributed by atoms with Gasteiger partial charge in [-0.05, 0) is 59.2 Å². The van der Waals surface area contributed by atoms with E-state index in [0.717, 1.165) is 21.2 Å². The fourth-order valence-electron chi connectivity index (χ4n) is 2.38. The van der Waals surface area contributed by atoms with E-state index in [9.17, 15) is 9.65 Å². The van der Waals surface area contributed by atoms with Gasteiger partial charge in [-0.3, -0.25) is 0 Å². The van der Waals surface area contributed by atoms with Crippen molar-refractivity contribution in [2.75, 3.05) is 0 Å². The Balaban J connectivity index is 1.69. The van der Waals surface area contributed by atoms with Gasteiger partial charge in [0.15, 0.2) is 0 Å². The van der Waals surface area contributed by atoms with Gasteiger partial charge in [0.2, 0.25) is 0 Å². The van der Waals surface area contributed by atoms with E-state index in [0.29, 0.717) is 17.9 Å². The first-order valence-electron chi connectivity index (χ1n) is 7.99. The van der Waals surface area contributed by atoms with Gasteiger partial charge in [-0.25, -0.2) is 4.39 Å². The van der Waals surface area contributed by atoms with E-state index < -0.39 is 0 Å². The summed E-state index contributed by atoms with van der Waals surface area (Å²) in [6.07, 6.45) is 1.84. The Labute approximate surface area is 160 Å². The molecule has 3 aromatic rings. The molecule has 0 aliphatic carbocycles. The smallest absolute Gasteiger partial charge is 0.123 e. The van der Waals surface area contributed by atoms with Crippen molar-refractivity contribution in [3.05, 3.63) is 99.8 Å². The van der Waals surface area contributed by atoms with Crippen molar-refractivity contribution in [1.29, 1.82) is 5.26 Å². The minimum absolute atomic E-state index is 0.260. The van der Waals surface area contributed by atoms with Crippen LogP contribution in [0.25, 0.3) is 11.6 Å². The normalized spacial score (nSPS) is 11.0. The van der Waals surface area contributed by atoms with Gasteiger partial charge >= 0.3 is 0 Å². The number of nitriles is 1. The van der Waals surface area contributed by atoms with Crippen molar-refractivity contribution in [1.82, 2.24) is 0 Å². The Morgan fingerprint density at radius 1 is 0.962 bits per heavy atom. The highest BCUT2D eigenvalue weighted by atomic mass is 79.9. The second-order valence-corrected chi connectivity index (χ2v) is 6.58. The molecule has 0 unspecified atom stereocenters. The fourth-order valence-corrected chi connectivity index (χ4v) is 2.65. The molecule has 0 spiro atoms. The lowest BCUT2D eigenvalue weighted by atomic mass is 10.0. The first-order chi connectivity index (χ1) is 12.6. The second-order valence-electron chi connectivity index (χ2n) is 5.66. The molecule has 26 heavy (non-hydrogen) atoms. The van der Waals surface area contributed by atoms with Crippen molar-refractivity contribution >= 4 is 27.6 Å². The lowest BCUT2D eigenvalue weighted by Crippen LogP contribution is -1.95. The van der Waals surface area contributed by atoms with Gasteiger partial charge in [0.05, 0.1) is 11.6 Å². The molecule has 3 rings (SSSR count). The molecule has 4 heteroatoms. The Bertz CT molecular complexity index is 939. The lowest BCUT2D eigenvalue weighted by molar-refractivity contribution is 0.306. The molecular weight excluding hydrogens is 393 g/mol. The summed E-state index contributed by atoms with van der Waals surface area (Å²) < 4.78 is 19.6. The minimum atomic E-state index is -0.260. The summed E-state index contributed by atoms with van der Waals surface area (Å²) in [7, 11) is 0. The van der Waals surface area contributed by atoms with Gasteiger partial charge in [-0.15, -0.1) is 0 Å². The number of ether oxygens (including phenoxy) is 1. The molecule has 0 aliphatic rings. The van der Waals surface area contributed by atoms with Gasteiger partial charge in [0, 0.05) is 4.47 Å². The summed E-state index contributed by atoms with van der Waals surface area (Å²) >= 11 is 3.39. The average Bonchev–Trinajstić information content (AvgIpc) is 2.67.